The molecule has 17 heavy (non-hydrogen) atoms. The lowest BCUT2D eigenvalue weighted by Gasteiger charge is -2.11. The number of amidine groups is 1. The van der Waals surface area contributed by atoms with Crippen LogP contribution < -0.4 is 0 Å². The fourth-order valence-corrected chi connectivity index (χ4v) is 2.39. The van der Waals surface area contributed by atoms with Gasteiger partial charge in [-0.2, -0.15) is 0 Å². The number of benzene rings is 1. The van der Waals surface area contributed by atoms with Gasteiger partial charge in [0, 0.05) is 4.90 Å². The molecule has 0 fully saturated rings. The van der Waals surface area contributed by atoms with Crippen molar-refractivity contribution in [2.45, 2.75) is 4.90 Å². The Bertz CT molecular complexity index is 452. The van der Waals surface area contributed by atoms with E-state index in [1.54, 1.807) is 12.1 Å². The van der Waals surface area contributed by atoms with Gasteiger partial charge in [-0.3, -0.25) is 9.48 Å². The summed E-state index contributed by atoms with van der Waals surface area (Å²) < 4.78 is 1.96. The Labute approximate surface area is 106 Å². The van der Waals surface area contributed by atoms with E-state index in [0.29, 0.717) is 5.56 Å². The summed E-state index contributed by atoms with van der Waals surface area (Å²) in [4.78, 5) is 13.8. The first-order chi connectivity index (χ1) is 7.93. The summed E-state index contributed by atoms with van der Waals surface area (Å²) in [7, 11) is 7.74. The van der Waals surface area contributed by atoms with Crippen molar-refractivity contribution in [1.82, 2.24) is 4.90 Å². The second kappa shape index (κ2) is 5.72. The lowest BCUT2D eigenvalue weighted by molar-refractivity contribution is -0.466. The zero-order chi connectivity index (χ0) is 13.0. The molecule has 0 saturated heterocycles. The predicted molar refractivity (Wildman–Crippen MR) is 70.1 cm³/mol. The number of hydrogen-bond donors (Lipinski definition) is 1. The first-order valence-electron chi connectivity index (χ1n) is 5.15. The molecule has 1 rings (SSSR count). The van der Waals surface area contributed by atoms with E-state index in [1.807, 2.05) is 49.8 Å². The van der Waals surface area contributed by atoms with Crippen molar-refractivity contribution >= 4 is 22.9 Å². The van der Waals surface area contributed by atoms with Crippen LogP contribution in [0.5, 0.6) is 0 Å². The van der Waals surface area contributed by atoms with Crippen LogP contribution in [0.1, 0.15) is 10.4 Å². The molecule has 1 aromatic carbocycles. The van der Waals surface area contributed by atoms with Crippen molar-refractivity contribution < 1.29 is 14.5 Å². The summed E-state index contributed by atoms with van der Waals surface area (Å²) >= 11 is 1.45. The van der Waals surface area contributed by atoms with E-state index in [0.717, 1.165) is 10.1 Å². The van der Waals surface area contributed by atoms with E-state index in [-0.39, 0.29) is 0 Å². The Morgan fingerprint density at radius 3 is 2.35 bits per heavy atom. The van der Waals surface area contributed by atoms with Gasteiger partial charge in [0.25, 0.3) is 0 Å². The summed E-state index contributed by atoms with van der Waals surface area (Å²) in [5.41, 5.74) is 0.332. The van der Waals surface area contributed by atoms with Gasteiger partial charge in [0.1, 0.15) is 0 Å². The Hall–Kier alpha value is -1.49. The smallest absolute Gasteiger partial charge is 0.336 e. The van der Waals surface area contributed by atoms with Gasteiger partial charge in [-0.05, 0) is 23.9 Å². The number of nitrogens with zero attached hydrogens (tertiary/aromatic N) is 2. The molecule has 0 amide bonds. The predicted octanol–water partition coefficient (Wildman–Crippen LogP) is 1.67. The maximum Gasteiger partial charge on any atom is 0.336 e. The third-order valence-corrected chi connectivity index (χ3v) is 3.57. The van der Waals surface area contributed by atoms with Crippen molar-refractivity contribution in [1.29, 1.82) is 0 Å². The number of carboxylic acid groups (broad SMARTS) is 1. The molecule has 0 saturated carbocycles. The number of carbonyl (C=O) groups is 1. The monoisotopic (exact) mass is 253 g/mol. The molecule has 0 aliphatic heterocycles. The second-order valence-electron chi connectivity index (χ2n) is 3.97. The van der Waals surface area contributed by atoms with Crippen LogP contribution in [-0.2, 0) is 0 Å². The van der Waals surface area contributed by atoms with Gasteiger partial charge in [-0.25, -0.2) is 4.79 Å². The third-order valence-electron chi connectivity index (χ3n) is 2.08. The fourth-order valence-electron chi connectivity index (χ4n) is 1.41. The minimum absolute atomic E-state index is 0.332. The van der Waals surface area contributed by atoms with Crippen LogP contribution in [0.25, 0.3) is 0 Å². The van der Waals surface area contributed by atoms with Crippen LogP contribution in [0.15, 0.2) is 29.2 Å². The average Bonchev–Trinajstić information content (AvgIpc) is 2.25. The number of hydrogen-bond acceptors (Lipinski definition) is 2. The molecule has 0 bridgehead atoms. The summed E-state index contributed by atoms with van der Waals surface area (Å²) in [5.74, 6) is -0.898. The Kier molecular flexibility index (Phi) is 4.57. The van der Waals surface area contributed by atoms with Gasteiger partial charge in [0.2, 0.25) is 0 Å². The van der Waals surface area contributed by atoms with Crippen molar-refractivity contribution in [3.63, 3.8) is 0 Å². The molecule has 0 heterocycles. The van der Waals surface area contributed by atoms with Crippen LogP contribution >= 0.6 is 11.8 Å². The Balaban J connectivity index is 3.11. The maximum absolute atomic E-state index is 11.1. The molecule has 0 radical (unpaired) electrons. The van der Waals surface area contributed by atoms with Crippen LogP contribution in [-0.4, -0.2) is 53.9 Å². The van der Waals surface area contributed by atoms with Crippen molar-refractivity contribution in [3.8, 4) is 0 Å². The molecule has 1 aromatic rings. The van der Waals surface area contributed by atoms with Gasteiger partial charge in [-0.1, -0.05) is 12.1 Å². The van der Waals surface area contributed by atoms with E-state index in [1.165, 1.54) is 11.8 Å². The maximum atomic E-state index is 11.1. The molecule has 0 atom stereocenters. The van der Waals surface area contributed by atoms with Gasteiger partial charge < -0.3 is 5.11 Å². The molecule has 0 unspecified atom stereocenters. The molecule has 0 aliphatic rings. The van der Waals surface area contributed by atoms with Gasteiger partial charge in [0.05, 0.1) is 33.8 Å². The van der Waals surface area contributed by atoms with E-state index in [2.05, 4.69) is 0 Å². The first kappa shape index (κ1) is 13.6. The highest BCUT2D eigenvalue weighted by molar-refractivity contribution is 8.13. The zero-order valence-electron chi connectivity index (χ0n) is 10.5. The van der Waals surface area contributed by atoms with Crippen molar-refractivity contribution in [2.75, 3.05) is 28.2 Å². The molecular weight excluding hydrogens is 236 g/mol. The van der Waals surface area contributed by atoms with Gasteiger partial charge >= 0.3 is 11.1 Å². The Morgan fingerprint density at radius 2 is 1.88 bits per heavy atom. The quantitative estimate of drug-likeness (QED) is 0.377. The molecule has 5 heteroatoms. The van der Waals surface area contributed by atoms with Crippen molar-refractivity contribution in [2.24, 2.45) is 0 Å². The molecule has 0 aromatic heterocycles. The number of rotatable bonds is 2. The zero-order valence-corrected chi connectivity index (χ0v) is 11.3. The van der Waals surface area contributed by atoms with E-state index in [4.69, 9.17) is 5.11 Å². The van der Waals surface area contributed by atoms with Gasteiger partial charge in [-0.15, -0.1) is 0 Å². The lowest BCUT2D eigenvalue weighted by Crippen LogP contribution is -2.26. The van der Waals surface area contributed by atoms with Crippen LogP contribution in [0.4, 0.5) is 0 Å². The topological polar surface area (TPSA) is 43.6 Å². The van der Waals surface area contributed by atoms with E-state index in [9.17, 15) is 4.79 Å². The molecule has 0 spiro atoms. The molecule has 92 valence electrons. The number of thioether (sulfide) groups is 1. The summed E-state index contributed by atoms with van der Waals surface area (Å²) in [6, 6.07) is 7.02. The van der Waals surface area contributed by atoms with E-state index >= 15 is 0 Å². The Morgan fingerprint density at radius 1 is 1.29 bits per heavy atom. The summed E-state index contributed by atoms with van der Waals surface area (Å²) in [6.07, 6.45) is 0. The standard InChI is InChI=1S/C12H16N2O2S/c1-13(2)12(14(3)4)17-10-8-6-5-7-9(10)11(15)16/h5-8H,1-4H3/p+1. The van der Waals surface area contributed by atoms with Crippen LogP contribution in [0.2, 0.25) is 0 Å². The number of aromatic carboxylic acids is 1. The largest absolute Gasteiger partial charge is 0.478 e. The minimum Gasteiger partial charge on any atom is -0.478 e. The normalized spacial score (nSPS) is 9.88. The minimum atomic E-state index is -0.898. The molecule has 1 N–H and O–H groups in total. The molecule has 4 nitrogen and oxygen atoms in total. The second-order valence-corrected chi connectivity index (χ2v) is 4.98. The molecular formula is C12H17N2O2S+. The highest BCUT2D eigenvalue weighted by Crippen LogP contribution is 2.24. The highest BCUT2D eigenvalue weighted by atomic mass is 32.2. The van der Waals surface area contributed by atoms with Crippen LogP contribution in [0, 0.1) is 0 Å². The third kappa shape index (κ3) is 3.49. The summed E-state index contributed by atoms with van der Waals surface area (Å²) in [5, 5.41) is 10.1. The summed E-state index contributed by atoms with van der Waals surface area (Å²) in [6.45, 7) is 0. The average molecular weight is 253 g/mol. The van der Waals surface area contributed by atoms with Crippen LogP contribution in [0.3, 0.4) is 0 Å². The SMILES string of the molecule is CN(C)C(Sc1ccccc1C(=O)O)=[N+](C)C. The first-order valence-corrected chi connectivity index (χ1v) is 5.97. The molecule has 0 aliphatic carbocycles. The number of carboxylic acids is 1. The lowest BCUT2D eigenvalue weighted by atomic mass is 10.2. The fraction of sp³-hybridized carbons (Fsp3) is 0.333. The van der Waals surface area contributed by atoms with Gasteiger partial charge in [0.15, 0.2) is 0 Å². The highest BCUT2D eigenvalue weighted by Gasteiger charge is 2.18. The van der Waals surface area contributed by atoms with E-state index < -0.39 is 5.97 Å². The van der Waals surface area contributed by atoms with Crippen molar-refractivity contribution in [3.05, 3.63) is 29.8 Å².